The maximum atomic E-state index is 11.4. The molecule has 0 radical (unpaired) electrons. The molecule has 1 atom stereocenters. The fourth-order valence-electron chi connectivity index (χ4n) is 1.62. The van der Waals surface area contributed by atoms with Crippen molar-refractivity contribution in [1.29, 1.82) is 0 Å². The molecule has 5 heteroatoms. The van der Waals surface area contributed by atoms with Gasteiger partial charge in [0.15, 0.2) is 11.5 Å². The van der Waals surface area contributed by atoms with Gasteiger partial charge in [-0.3, -0.25) is 4.79 Å². The summed E-state index contributed by atoms with van der Waals surface area (Å²) in [6, 6.07) is 3.30. The van der Waals surface area contributed by atoms with Gasteiger partial charge in [-0.15, -0.1) is 0 Å². The number of hydrogen-bond donors (Lipinski definition) is 2. The molecule has 5 nitrogen and oxygen atoms in total. The number of carbonyl (C=O) groups is 1. The third kappa shape index (κ3) is 2.50. The molecule has 1 aromatic rings. The van der Waals surface area contributed by atoms with Crippen molar-refractivity contribution in [3.63, 3.8) is 0 Å². The van der Waals surface area contributed by atoms with Crippen LogP contribution >= 0.6 is 0 Å². The summed E-state index contributed by atoms with van der Waals surface area (Å²) in [5.41, 5.74) is 7.53. The van der Waals surface area contributed by atoms with E-state index in [1.54, 1.807) is 6.92 Å². The average Bonchev–Trinajstić information content (AvgIpc) is 2.72. The number of amides is 1. The predicted molar refractivity (Wildman–Crippen MR) is 62.8 cm³/mol. The lowest BCUT2D eigenvalue weighted by molar-refractivity contribution is -0.122. The standard InChI is InChI=1S/C12H16N2O3/c1-7-3-10-11(17-6-16-10)4-9(7)5-14-12(15)8(2)13/h3-4,8H,5-6,13H2,1-2H3,(H,14,15). The smallest absolute Gasteiger partial charge is 0.236 e. The van der Waals surface area contributed by atoms with Gasteiger partial charge in [-0.2, -0.15) is 0 Å². The zero-order chi connectivity index (χ0) is 12.4. The molecule has 1 aliphatic rings. The van der Waals surface area contributed by atoms with Gasteiger partial charge in [-0.05, 0) is 37.1 Å². The van der Waals surface area contributed by atoms with Crippen LogP contribution in [0.5, 0.6) is 11.5 Å². The molecule has 0 bridgehead atoms. The van der Waals surface area contributed by atoms with Crippen LogP contribution in [0.2, 0.25) is 0 Å². The van der Waals surface area contributed by atoms with Crippen molar-refractivity contribution < 1.29 is 14.3 Å². The van der Waals surface area contributed by atoms with Crippen LogP contribution in [0, 0.1) is 6.92 Å². The SMILES string of the molecule is Cc1cc2c(cc1CNC(=O)C(C)N)OCO2. The maximum absolute atomic E-state index is 11.4. The van der Waals surface area contributed by atoms with Gasteiger partial charge < -0.3 is 20.5 Å². The van der Waals surface area contributed by atoms with Crippen LogP contribution in [-0.4, -0.2) is 18.7 Å². The van der Waals surface area contributed by atoms with Crippen LogP contribution in [0.1, 0.15) is 18.1 Å². The summed E-state index contributed by atoms with van der Waals surface area (Å²) >= 11 is 0. The number of aryl methyl sites for hydroxylation is 1. The Balaban J connectivity index is 2.09. The van der Waals surface area contributed by atoms with Crippen molar-refractivity contribution >= 4 is 5.91 Å². The van der Waals surface area contributed by atoms with Crippen LogP contribution in [0.3, 0.4) is 0 Å². The molecule has 1 unspecified atom stereocenters. The van der Waals surface area contributed by atoms with Crippen molar-refractivity contribution in [2.45, 2.75) is 26.4 Å². The number of benzene rings is 1. The van der Waals surface area contributed by atoms with Crippen molar-refractivity contribution in [2.75, 3.05) is 6.79 Å². The van der Waals surface area contributed by atoms with Crippen LogP contribution in [-0.2, 0) is 11.3 Å². The molecule has 1 amide bonds. The minimum absolute atomic E-state index is 0.165. The Bertz CT molecular complexity index is 444. The zero-order valence-corrected chi connectivity index (χ0v) is 9.95. The Hall–Kier alpha value is -1.75. The number of nitrogens with two attached hydrogens (primary N) is 1. The Morgan fingerprint density at radius 2 is 2.12 bits per heavy atom. The van der Waals surface area contributed by atoms with E-state index in [2.05, 4.69) is 5.32 Å². The summed E-state index contributed by atoms with van der Waals surface area (Å²) in [4.78, 5) is 11.4. The summed E-state index contributed by atoms with van der Waals surface area (Å²) in [6.07, 6.45) is 0. The van der Waals surface area contributed by atoms with E-state index in [-0.39, 0.29) is 12.7 Å². The van der Waals surface area contributed by atoms with Crippen molar-refractivity contribution in [1.82, 2.24) is 5.32 Å². The van der Waals surface area contributed by atoms with Crippen molar-refractivity contribution in [2.24, 2.45) is 5.73 Å². The third-order valence-corrected chi connectivity index (χ3v) is 2.70. The highest BCUT2D eigenvalue weighted by molar-refractivity contribution is 5.80. The molecule has 0 spiro atoms. The van der Waals surface area contributed by atoms with E-state index in [1.165, 1.54) is 0 Å². The first-order valence-corrected chi connectivity index (χ1v) is 5.50. The van der Waals surface area contributed by atoms with Crippen molar-refractivity contribution in [3.05, 3.63) is 23.3 Å². The Morgan fingerprint density at radius 1 is 1.47 bits per heavy atom. The maximum Gasteiger partial charge on any atom is 0.236 e. The first-order valence-electron chi connectivity index (χ1n) is 5.50. The second kappa shape index (κ2) is 4.63. The molecule has 2 rings (SSSR count). The van der Waals surface area contributed by atoms with Crippen LogP contribution < -0.4 is 20.5 Å². The minimum Gasteiger partial charge on any atom is -0.454 e. The number of fused-ring (bicyclic) bond motifs is 1. The molecule has 0 saturated heterocycles. The fraction of sp³-hybridized carbons (Fsp3) is 0.417. The molecular weight excluding hydrogens is 220 g/mol. The van der Waals surface area contributed by atoms with E-state index >= 15 is 0 Å². The van der Waals surface area contributed by atoms with E-state index in [4.69, 9.17) is 15.2 Å². The normalized spacial score (nSPS) is 14.5. The van der Waals surface area contributed by atoms with Crippen LogP contribution in [0.25, 0.3) is 0 Å². The third-order valence-electron chi connectivity index (χ3n) is 2.70. The van der Waals surface area contributed by atoms with Crippen molar-refractivity contribution in [3.8, 4) is 11.5 Å². The topological polar surface area (TPSA) is 73.6 Å². The summed E-state index contributed by atoms with van der Waals surface area (Å²) in [7, 11) is 0. The highest BCUT2D eigenvalue weighted by Gasteiger charge is 2.16. The lowest BCUT2D eigenvalue weighted by atomic mass is 10.1. The second-order valence-corrected chi connectivity index (χ2v) is 4.14. The van der Waals surface area contributed by atoms with Crippen LogP contribution in [0.4, 0.5) is 0 Å². The van der Waals surface area contributed by atoms with Gasteiger partial charge in [0.1, 0.15) is 0 Å². The predicted octanol–water partition coefficient (Wildman–Crippen LogP) is 0.687. The molecule has 0 saturated carbocycles. The molecule has 1 heterocycles. The van der Waals surface area contributed by atoms with Gasteiger partial charge in [-0.25, -0.2) is 0 Å². The van der Waals surface area contributed by atoms with Gasteiger partial charge in [0.2, 0.25) is 12.7 Å². The Labute approximate surface area is 99.9 Å². The molecule has 0 fully saturated rings. The lowest BCUT2D eigenvalue weighted by Crippen LogP contribution is -2.37. The first kappa shape index (κ1) is 11.7. The Kier molecular flexibility index (Phi) is 3.19. The highest BCUT2D eigenvalue weighted by Crippen LogP contribution is 2.34. The average molecular weight is 236 g/mol. The quantitative estimate of drug-likeness (QED) is 0.809. The molecule has 1 aromatic carbocycles. The monoisotopic (exact) mass is 236 g/mol. The van der Waals surface area contributed by atoms with Gasteiger partial charge >= 0.3 is 0 Å². The molecule has 17 heavy (non-hydrogen) atoms. The highest BCUT2D eigenvalue weighted by atomic mass is 16.7. The molecule has 0 aromatic heterocycles. The van der Waals surface area contributed by atoms with Gasteiger partial charge in [0.05, 0.1) is 6.04 Å². The summed E-state index contributed by atoms with van der Waals surface area (Å²) < 4.78 is 10.6. The number of ether oxygens (including phenoxy) is 2. The van der Waals surface area contributed by atoms with Gasteiger partial charge in [0.25, 0.3) is 0 Å². The molecular formula is C12H16N2O3. The fourth-order valence-corrected chi connectivity index (χ4v) is 1.62. The van der Waals surface area contributed by atoms with Crippen LogP contribution in [0.15, 0.2) is 12.1 Å². The number of hydrogen-bond acceptors (Lipinski definition) is 4. The summed E-state index contributed by atoms with van der Waals surface area (Å²) in [6.45, 7) is 4.32. The van der Waals surface area contributed by atoms with E-state index in [9.17, 15) is 4.79 Å². The van der Waals surface area contributed by atoms with E-state index in [0.29, 0.717) is 6.54 Å². The lowest BCUT2D eigenvalue weighted by Gasteiger charge is -2.10. The minimum atomic E-state index is -0.496. The van der Waals surface area contributed by atoms with Gasteiger partial charge in [0, 0.05) is 6.54 Å². The number of nitrogens with one attached hydrogen (secondary N) is 1. The molecule has 3 N–H and O–H groups in total. The summed E-state index contributed by atoms with van der Waals surface area (Å²) in [5.74, 6) is 1.31. The van der Waals surface area contributed by atoms with Gasteiger partial charge in [-0.1, -0.05) is 0 Å². The molecule has 1 aliphatic heterocycles. The van der Waals surface area contributed by atoms with E-state index in [1.807, 2.05) is 19.1 Å². The molecule has 92 valence electrons. The van der Waals surface area contributed by atoms with E-state index < -0.39 is 6.04 Å². The zero-order valence-electron chi connectivity index (χ0n) is 9.95. The number of rotatable bonds is 3. The van der Waals surface area contributed by atoms with E-state index in [0.717, 1.165) is 22.6 Å². The molecule has 0 aliphatic carbocycles. The largest absolute Gasteiger partial charge is 0.454 e. The number of carbonyl (C=O) groups excluding carboxylic acids is 1. The first-order chi connectivity index (χ1) is 8.08. The summed E-state index contributed by atoms with van der Waals surface area (Å²) in [5, 5.41) is 2.77. The second-order valence-electron chi connectivity index (χ2n) is 4.14. The Morgan fingerprint density at radius 3 is 2.76 bits per heavy atom.